The SMILES string of the molecule is CC(C)CNC(=O)c1ccc(NCc2nc(-c3cccc(C(F)(F)F)c3)no2)cc1Cl. The predicted molar refractivity (Wildman–Crippen MR) is 111 cm³/mol. The van der Waals surface area contributed by atoms with Crippen molar-refractivity contribution in [1.29, 1.82) is 0 Å². The Labute approximate surface area is 181 Å². The number of alkyl halides is 3. The van der Waals surface area contributed by atoms with E-state index in [1.165, 1.54) is 12.1 Å². The molecule has 1 amide bonds. The zero-order valence-electron chi connectivity index (χ0n) is 16.8. The summed E-state index contributed by atoms with van der Waals surface area (Å²) in [4.78, 5) is 16.3. The molecule has 164 valence electrons. The molecular weight excluding hydrogens is 433 g/mol. The molecule has 0 saturated heterocycles. The van der Waals surface area contributed by atoms with Crippen LogP contribution in [0, 0.1) is 5.92 Å². The first-order valence-electron chi connectivity index (χ1n) is 9.45. The van der Waals surface area contributed by atoms with Gasteiger partial charge in [-0.2, -0.15) is 18.2 Å². The molecule has 0 unspecified atom stereocenters. The number of rotatable bonds is 7. The van der Waals surface area contributed by atoms with Crippen LogP contribution in [-0.4, -0.2) is 22.6 Å². The molecule has 0 spiro atoms. The van der Waals surface area contributed by atoms with Crippen LogP contribution in [0.25, 0.3) is 11.4 Å². The van der Waals surface area contributed by atoms with Gasteiger partial charge < -0.3 is 15.2 Å². The van der Waals surface area contributed by atoms with Crippen molar-refractivity contribution in [3.63, 3.8) is 0 Å². The summed E-state index contributed by atoms with van der Waals surface area (Å²) in [5.74, 6) is 0.298. The number of amides is 1. The third kappa shape index (κ3) is 5.97. The quantitative estimate of drug-likeness (QED) is 0.501. The molecule has 1 heterocycles. The maximum absolute atomic E-state index is 12.9. The summed E-state index contributed by atoms with van der Waals surface area (Å²) < 4.78 is 43.7. The van der Waals surface area contributed by atoms with Crippen LogP contribution in [0.15, 0.2) is 47.0 Å². The van der Waals surface area contributed by atoms with Gasteiger partial charge in [0.15, 0.2) is 0 Å². The van der Waals surface area contributed by atoms with E-state index in [4.69, 9.17) is 16.1 Å². The molecule has 31 heavy (non-hydrogen) atoms. The zero-order chi connectivity index (χ0) is 22.6. The lowest BCUT2D eigenvalue weighted by Gasteiger charge is -2.10. The van der Waals surface area contributed by atoms with Crippen LogP contribution in [0.5, 0.6) is 0 Å². The average molecular weight is 453 g/mol. The normalized spacial score (nSPS) is 11.6. The van der Waals surface area contributed by atoms with Crippen LogP contribution in [-0.2, 0) is 12.7 Å². The Morgan fingerprint density at radius 2 is 1.97 bits per heavy atom. The van der Waals surface area contributed by atoms with Gasteiger partial charge in [0, 0.05) is 17.8 Å². The molecule has 0 fully saturated rings. The topological polar surface area (TPSA) is 80.0 Å². The number of nitrogens with one attached hydrogen (secondary N) is 2. The summed E-state index contributed by atoms with van der Waals surface area (Å²) in [6, 6.07) is 9.57. The smallest absolute Gasteiger partial charge is 0.376 e. The summed E-state index contributed by atoms with van der Waals surface area (Å²) in [6.45, 7) is 4.65. The van der Waals surface area contributed by atoms with Crippen molar-refractivity contribution in [1.82, 2.24) is 15.5 Å². The third-order valence-corrected chi connectivity index (χ3v) is 4.56. The molecule has 2 N–H and O–H groups in total. The molecule has 0 saturated carbocycles. The minimum absolute atomic E-state index is 0.0538. The molecule has 2 aromatic carbocycles. The number of anilines is 1. The zero-order valence-corrected chi connectivity index (χ0v) is 17.5. The second-order valence-corrected chi connectivity index (χ2v) is 7.65. The van der Waals surface area contributed by atoms with Crippen LogP contribution in [0.2, 0.25) is 5.02 Å². The minimum Gasteiger partial charge on any atom is -0.376 e. The highest BCUT2D eigenvalue weighted by Crippen LogP contribution is 2.31. The number of carbonyl (C=O) groups excluding carboxylic acids is 1. The molecule has 3 aromatic rings. The van der Waals surface area contributed by atoms with E-state index in [0.717, 1.165) is 12.1 Å². The molecule has 0 aliphatic rings. The van der Waals surface area contributed by atoms with E-state index in [0.29, 0.717) is 23.7 Å². The van der Waals surface area contributed by atoms with Crippen LogP contribution >= 0.6 is 11.6 Å². The van der Waals surface area contributed by atoms with Gasteiger partial charge >= 0.3 is 6.18 Å². The van der Waals surface area contributed by atoms with Crippen LogP contribution in [0.4, 0.5) is 18.9 Å². The molecule has 0 atom stereocenters. The Morgan fingerprint density at radius 3 is 2.65 bits per heavy atom. The molecule has 6 nitrogen and oxygen atoms in total. The van der Waals surface area contributed by atoms with Gasteiger partial charge in [0.1, 0.15) is 0 Å². The summed E-state index contributed by atoms with van der Waals surface area (Å²) in [5.41, 5.74) is 0.382. The fourth-order valence-electron chi connectivity index (χ4n) is 2.66. The second-order valence-electron chi connectivity index (χ2n) is 7.24. The molecule has 10 heteroatoms. The van der Waals surface area contributed by atoms with Crippen molar-refractivity contribution in [3.05, 3.63) is 64.5 Å². The van der Waals surface area contributed by atoms with Crippen molar-refractivity contribution in [2.24, 2.45) is 5.92 Å². The number of aromatic nitrogens is 2. The largest absolute Gasteiger partial charge is 0.416 e. The molecule has 0 radical (unpaired) electrons. The van der Waals surface area contributed by atoms with Crippen molar-refractivity contribution in [2.75, 3.05) is 11.9 Å². The van der Waals surface area contributed by atoms with E-state index < -0.39 is 11.7 Å². The lowest BCUT2D eigenvalue weighted by atomic mass is 10.1. The first-order chi connectivity index (χ1) is 14.6. The van der Waals surface area contributed by atoms with Crippen molar-refractivity contribution in [3.8, 4) is 11.4 Å². The van der Waals surface area contributed by atoms with Gasteiger partial charge in [-0.05, 0) is 36.2 Å². The van der Waals surface area contributed by atoms with E-state index in [1.54, 1.807) is 18.2 Å². The highest BCUT2D eigenvalue weighted by Gasteiger charge is 2.30. The Kier molecular flexibility index (Phi) is 6.84. The lowest BCUT2D eigenvalue weighted by molar-refractivity contribution is -0.137. The fraction of sp³-hybridized carbons (Fsp3) is 0.286. The Morgan fingerprint density at radius 1 is 1.19 bits per heavy atom. The number of carbonyl (C=O) groups is 1. The second kappa shape index (κ2) is 9.38. The van der Waals surface area contributed by atoms with Crippen molar-refractivity contribution < 1.29 is 22.5 Å². The number of benzene rings is 2. The maximum atomic E-state index is 12.9. The van der Waals surface area contributed by atoms with Gasteiger partial charge in [0.2, 0.25) is 11.7 Å². The molecule has 0 aliphatic heterocycles. The highest BCUT2D eigenvalue weighted by molar-refractivity contribution is 6.34. The lowest BCUT2D eigenvalue weighted by Crippen LogP contribution is -2.27. The number of nitrogens with zero attached hydrogens (tertiary/aromatic N) is 2. The molecule has 0 bridgehead atoms. The van der Waals surface area contributed by atoms with Crippen molar-refractivity contribution in [2.45, 2.75) is 26.6 Å². The molecule has 3 rings (SSSR count). The van der Waals surface area contributed by atoms with Crippen molar-refractivity contribution >= 4 is 23.2 Å². The predicted octanol–water partition coefficient (Wildman–Crippen LogP) is 5.41. The minimum atomic E-state index is -4.46. The van der Waals surface area contributed by atoms with Gasteiger partial charge in [-0.3, -0.25) is 4.79 Å². The Hall–Kier alpha value is -3.07. The Balaban J connectivity index is 1.65. The summed E-state index contributed by atoms with van der Waals surface area (Å²) in [6.07, 6.45) is -4.46. The number of halogens is 4. The number of hydrogen-bond acceptors (Lipinski definition) is 5. The molecule has 1 aromatic heterocycles. The van der Waals surface area contributed by atoms with E-state index in [9.17, 15) is 18.0 Å². The summed E-state index contributed by atoms with van der Waals surface area (Å²) >= 11 is 6.21. The van der Waals surface area contributed by atoms with Crippen LogP contribution < -0.4 is 10.6 Å². The van der Waals surface area contributed by atoms with Gasteiger partial charge in [-0.25, -0.2) is 0 Å². The monoisotopic (exact) mass is 452 g/mol. The van der Waals surface area contributed by atoms with E-state index in [2.05, 4.69) is 20.8 Å². The highest BCUT2D eigenvalue weighted by atomic mass is 35.5. The summed E-state index contributed by atoms with van der Waals surface area (Å²) in [7, 11) is 0. The van der Waals surface area contributed by atoms with Gasteiger partial charge in [0.05, 0.1) is 22.7 Å². The van der Waals surface area contributed by atoms with Gasteiger partial charge in [-0.15, -0.1) is 0 Å². The van der Waals surface area contributed by atoms with Crippen LogP contribution in [0.3, 0.4) is 0 Å². The maximum Gasteiger partial charge on any atom is 0.416 e. The average Bonchev–Trinajstić information content (AvgIpc) is 3.19. The molecule has 0 aliphatic carbocycles. The third-order valence-electron chi connectivity index (χ3n) is 4.24. The fourth-order valence-corrected chi connectivity index (χ4v) is 2.92. The van der Waals surface area contributed by atoms with E-state index in [-0.39, 0.29) is 34.8 Å². The van der Waals surface area contributed by atoms with E-state index in [1.807, 2.05) is 13.8 Å². The van der Waals surface area contributed by atoms with Crippen LogP contribution in [0.1, 0.15) is 35.7 Å². The number of hydrogen-bond donors (Lipinski definition) is 2. The standard InChI is InChI=1S/C21H20ClF3N4O2/c1-12(2)10-27-20(30)16-7-6-15(9-17(16)22)26-11-18-28-19(29-31-18)13-4-3-5-14(8-13)21(23,24)25/h3-9,12,26H,10-11H2,1-2H3,(H,27,30). The first-order valence-corrected chi connectivity index (χ1v) is 9.83. The van der Waals surface area contributed by atoms with Gasteiger partial charge in [0.25, 0.3) is 5.91 Å². The van der Waals surface area contributed by atoms with E-state index >= 15 is 0 Å². The Bertz CT molecular complexity index is 1070. The summed E-state index contributed by atoms with van der Waals surface area (Å²) in [5, 5.41) is 9.84. The molecular formula is C21H20ClF3N4O2. The van der Waals surface area contributed by atoms with Gasteiger partial charge in [-0.1, -0.05) is 42.7 Å². The first kappa shape index (κ1) is 22.6.